The Hall–Kier alpha value is -2.70. The zero-order valence-corrected chi connectivity index (χ0v) is 17.7. The quantitative estimate of drug-likeness (QED) is 0.373. The second-order valence-corrected chi connectivity index (χ2v) is 7.02. The number of ether oxygens (including phenoxy) is 4. The maximum Gasteiger partial charge on any atom is 0.348 e. The zero-order valence-electron chi connectivity index (χ0n) is 17.7. The van der Waals surface area contributed by atoms with E-state index in [1.54, 1.807) is 0 Å². The minimum Gasteiger partial charge on any atom is -0.502 e. The van der Waals surface area contributed by atoms with Crippen molar-refractivity contribution in [2.24, 2.45) is 5.92 Å². The highest BCUT2D eigenvalue weighted by molar-refractivity contribution is 6.19. The van der Waals surface area contributed by atoms with Gasteiger partial charge in [-0.2, -0.15) is 0 Å². The Morgan fingerprint density at radius 2 is 1.62 bits per heavy atom. The van der Waals surface area contributed by atoms with Crippen LogP contribution >= 0.6 is 0 Å². The Morgan fingerprint density at radius 1 is 1.07 bits per heavy atom. The Morgan fingerprint density at radius 3 is 2.03 bits per heavy atom. The third kappa shape index (κ3) is 4.66. The van der Waals surface area contributed by atoms with Crippen LogP contribution in [0.5, 0.6) is 17.2 Å². The molecule has 1 aromatic carbocycles. The van der Waals surface area contributed by atoms with E-state index in [2.05, 4.69) is 6.92 Å². The summed E-state index contributed by atoms with van der Waals surface area (Å²) in [6.07, 6.45) is 5.26. The summed E-state index contributed by atoms with van der Waals surface area (Å²) in [5.41, 5.74) is 0.219. The minimum atomic E-state index is -1.24. The third-order valence-corrected chi connectivity index (χ3v) is 5.30. The molecule has 0 amide bonds. The number of cyclic esters (lactones) is 2. The van der Waals surface area contributed by atoms with Gasteiger partial charge in [-0.05, 0) is 36.6 Å². The van der Waals surface area contributed by atoms with Crippen LogP contribution < -0.4 is 9.47 Å². The van der Waals surface area contributed by atoms with E-state index in [-0.39, 0.29) is 28.7 Å². The molecule has 7 nitrogen and oxygen atoms in total. The number of methoxy groups -OCH3 is 2. The van der Waals surface area contributed by atoms with Gasteiger partial charge in [0.25, 0.3) is 5.79 Å². The molecule has 1 heterocycles. The van der Waals surface area contributed by atoms with Gasteiger partial charge in [0, 0.05) is 12.3 Å². The number of phenolic OH excluding ortho intramolecular Hbond substituents is 1. The van der Waals surface area contributed by atoms with Crippen LogP contribution in [0.4, 0.5) is 0 Å². The Kier molecular flexibility index (Phi) is 7.53. The minimum absolute atomic E-state index is 0.0595. The number of aromatic hydroxyl groups is 1. The first kappa shape index (κ1) is 22.6. The molecule has 1 N–H and O–H groups in total. The fourth-order valence-electron chi connectivity index (χ4n) is 3.59. The van der Waals surface area contributed by atoms with Crippen molar-refractivity contribution in [3.8, 4) is 17.2 Å². The van der Waals surface area contributed by atoms with E-state index < -0.39 is 17.7 Å². The summed E-state index contributed by atoms with van der Waals surface area (Å²) in [7, 11) is 2.79. The van der Waals surface area contributed by atoms with E-state index in [1.165, 1.54) is 32.4 Å². The molecule has 1 aliphatic heterocycles. The van der Waals surface area contributed by atoms with Gasteiger partial charge >= 0.3 is 11.9 Å². The van der Waals surface area contributed by atoms with Gasteiger partial charge in [-0.25, -0.2) is 9.59 Å². The molecular formula is C22H30O7. The molecule has 1 atom stereocenters. The monoisotopic (exact) mass is 406 g/mol. The fraction of sp³-hybridized carbons (Fsp3) is 0.545. The average Bonchev–Trinajstić information content (AvgIpc) is 2.72. The van der Waals surface area contributed by atoms with Gasteiger partial charge in [0.1, 0.15) is 5.57 Å². The molecule has 7 heteroatoms. The normalized spacial score (nSPS) is 20.0. The average molecular weight is 406 g/mol. The topological polar surface area (TPSA) is 91.3 Å². The van der Waals surface area contributed by atoms with E-state index in [1.807, 2.05) is 13.8 Å². The molecule has 1 aliphatic rings. The molecule has 1 saturated heterocycles. The van der Waals surface area contributed by atoms with Crippen molar-refractivity contribution in [3.05, 3.63) is 23.3 Å². The van der Waals surface area contributed by atoms with Gasteiger partial charge in [-0.15, -0.1) is 0 Å². The molecule has 0 spiro atoms. The first-order valence-corrected chi connectivity index (χ1v) is 9.99. The predicted octanol–water partition coefficient (Wildman–Crippen LogP) is 4.22. The molecule has 29 heavy (non-hydrogen) atoms. The van der Waals surface area contributed by atoms with Crippen LogP contribution in [0.25, 0.3) is 6.08 Å². The van der Waals surface area contributed by atoms with Crippen LogP contribution in [0.15, 0.2) is 17.7 Å². The number of esters is 2. The van der Waals surface area contributed by atoms with Gasteiger partial charge in [-0.1, -0.05) is 33.6 Å². The second kappa shape index (κ2) is 9.67. The molecule has 1 fully saturated rings. The number of hydrogen-bond acceptors (Lipinski definition) is 7. The largest absolute Gasteiger partial charge is 0.502 e. The number of rotatable bonds is 9. The lowest BCUT2D eigenvalue weighted by atomic mass is 9.87. The lowest BCUT2D eigenvalue weighted by molar-refractivity contribution is -0.256. The van der Waals surface area contributed by atoms with E-state index in [4.69, 9.17) is 18.9 Å². The summed E-state index contributed by atoms with van der Waals surface area (Å²) in [5.74, 6) is -2.59. The van der Waals surface area contributed by atoms with Crippen molar-refractivity contribution in [1.29, 1.82) is 0 Å². The van der Waals surface area contributed by atoms with E-state index in [0.717, 1.165) is 25.7 Å². The van der Waals surface area contributed by atoms with E-state index >= 15 is 0 Å². The lowest BCUT2D eigenvalue weighted by Gasteiger charge is -2.41. The number of hydrogen-bond donors (Lipinski definition) is 1. The van der Waals surface area contributed by atoms with Crippen LogP contribution in [0.1, 0.15) is 58.4 Å². The summed E-state index contributed by atoms with van der Waals surface area (Å²) in [6.45, 7) is 5.94. The Labute approximate surface area is 171 Å². The molecule has 0 saturated carbocycles. The maximum absolute atomic E-state index is 12.8. The van der Waals surface area contributed by atoms with Crippen molar-refractivity contribution in [2.75, 3.05) is 14.2 Å². The van der Waals surface area contributed by atoms with Crippen LogP contribution in [-0.2, 0) is 19.1 Å². The lowest BCUT2D eigenvalue weighted by Crippen LogP contribution is -2.51. The SMILES string of the molecule is CCCCC(CC)C1(CC)OC(=O)C(=Cc2cc(OC)c(O)c(OC)c2)C(=O)O1. The van der Waals surface area contributed by atoms with Crippen LogP contribution in [-0.4, -0.2) is 37.1 Å². The fourth-order valence-corrected chi connectivity index (χ4v) is 3.59. The van der Waals surface area contributed by atoms with Crippen LogP contribution in [0, 0.1) is 5.92 Å². The highest BCUT2D eigenvalue weighted by Gasteiger charge is 2.49. The van der Waals surface area contributed by atoms with Gasteiger partial charge < -0.3 is 24.1 Å². The maximum atomic E-state index is 12.8. The number of benzene rings is 1. The highest BCUT2D eigenvalue weighted by atomic mass is 16.7. The van der Waals surface area contributed by atoms with E-state index in [0.29, 0.717) is 12.0 Å². The molecule has 0 radical (unpaired) electrons. The number of unbranched alkanes of at least 4 members (excludes halogenated alkanes) is 1. The van der Waals surface area contributed by atoms with E-state index in [9.17, 15) is 14.7 Å². The number of carbonyl (C=O) groups is 2. The van der Waals surface area contributed by atoms with Gasteiger partial charge in [0.2, 0.25) is 5.75 Å². The first-order chi connectivity index (χ1) is 13.8. The van der Waals surface area contributed by atoms with Crippen LogP contribution in [0.2, 0.25) is 0 Å². The molecule has 0 bridgehead atoms. The van der Waals surface area contributed by atoms with Crippen molar-refractivity contribution in [3.63, 3.8) is 0 Å². The summed E-state index contributed by atoms with van der Waals surface area (Å²) < 4.78 is 21.6. The van der Waals surface area contributed by atoms with Gasteiger partial charge in [0.05, 0.1) is 14.2 Å². The smallest absolute Gasteiger partial charge is 0.348 e. The number of phenols is 1. The molecule has 0 aliphatic carbocycles. The third-order valence-electron chi connectivity index (χ3n) is 5.30. The van der Waals surface area contributed by atoms with Crippen molar-refractivity contribution < 1.29 is 33.6 Å². The molecular weight excluding hydrogens is 376 g/mol. The number of carbonyl (C=O) groups excluding carboxylic acids is 2. The second-order valence-electron chi connectivity index (χ2n) is 7.02. The molecule has 0 aromatic heterocycles. The molecule has 2 rings (SSSR count). The predicted molar refractivity (Wildman–Crippen MR) is 108 cm³/mol. The summed E-state index contributed by atoms with van der Waals surface area (Å²) in [4.78, 5) is 25.5. The Bertz CT molecular complexity index is 736. The summed E-state index contributed by atoms with van der Waals surface area (Å²) in [6, 6.07) is 2.98. The standard InChI is InChI=1S/C22H30O7/c1-6-9-10-15(7-2)22(8-3)28-20(24)16(21(25)29-22)11-14-12-17(26-4)19(23)18(13-14)27-5/h11-13,15,23H,6-10H2,1-5H3. The molecule has 160 valence electrons. The van der Waals surface area contributed by atoms with Gasteiger partial charge in [0.15, 0.2) is 11.5 Å². The van der Waals surface area contributed by atoms with Crippen molar-refractivity contribution in [1.82, 2.24) is 0 Å². The zero-order chi connectivity index (χ0) is 21.6. The van der Waals surface area contributed by atoms with Crippen molar-refractivity contribution in [2.45, 2.75) is 58.7 Å². The highest BCUT2D eigenvalue weighted by Crippen LogP contribution is 2.40. The summed E-state index contributed by atoms with van der Waals surface area (Å²) >= 11 is 0. The van der Waals surface area contributed by atoms with Crippen LogP contribution in [0.3, 0.4) is 0 Å². The molecule has 1 aromatic rings. The Balaban J connectivity index is 2.37. The first-order valence-electron chi connectivity index (χ1n) is 9.99. The summed E-state index contributed by atoms with van der Waals surface area (Å²) in [5, 5.41) is 10.0. The van der Waals surface area contributed by atoms with Gasteiger partial charge in [-0.3, -0.25) is 0 Å². The van der Waals surface area contributed by atoms with Crippen molar-refractivity contribution >= 4 is 18.0 Å². The molecule has 1 unspecified atom stereocenters.